The quantitative estimate of drug-likeness (QED) is 0.127. The summed E-state index contributed by atoms with van der Waals surface area (Å²) in [4.78, 5) is 4.28. The Morgan fingerprint density at radius 3 is 1.31 bits per heavy atom. The molecule has 6 heteroatoms. The molecule has 49 heavy (non-hydrogen) atoms. The van der Waals surface area contributed by atoms with Gasteiger partial charge in [0.25, 0.3) is 0 Å². The van der Waals surface area contributed by atoms with E-state index in [0.717, 1.165) is 9.52 Å². The van der Waals surface area contributed by atoms with Gasteiger partial charge in [-0.05, 0) is 35.4 Å². The minimum atomic E-state index is -0.826. The number of benzene rings is 5. The van der Waals surface area contributed by atoms with E-state index in [0.29, 0.717) is 0 Å². The Morgan fingerprint density at radius 2 is 0.939 bits per heavy atom. The SMILES string of the molecule is C[Si]c1ccccc1.Cc1cc2c(-c3cccc(N(C)C)c3)cccc2[cH-]1.Cc1cc2c(-c3cccc(N(C)C)c3)cccc2[cH-]1.[Cl][Zr+2][Cl]. The molecule has 0 aliphatic heterocycles. The monoisotopic (exact) mass is 776 g/mol. The summed E-state index contributed by atoms with van der Waals surface area (Å²) in [7, 11) is 19.1. The third-order valence-corrected chi connectivity index (χ3v) is 9.11. The molecule has 2 radical (unpaired) electrons. The third-order valence-electron chi connectivity index (χ3n) is 8.20. The van der Waals surface area contributed by atoms with Gasteiger partial charge in [-0.1, -0.05) is 103 Å². The zero-order valence-corrected chi connectivity index (χ0v) is 34.4. The molecular formula is C43H44Cl2N2SiZr. The molecule has 0 saturated carbocycles. The van der Waals surface area contributed by atoms with E-state index in [1.54, 1.807) is 0 Å². The van der Waals surface area contributed by atoms with Gasteiger partial charge in [-0.3, -0.25) is 0 Å². The fraction of sp³-hybridized carbons (Fsp3) is 0.163. The predicted molar refractivity (Wildman–Crippen MR) is 217 cm³/mol. The van der Waals surface area contributed by atoms with Gasteiger partial charge in [0.1, 0.15) is 0 Å². The van der Waals surface area contributed by atoms with Gasteiger partial charge >= 0.3 is 37.9 Å². The second-order valence-corrected chi connectivity index (χ2v) is 17.1. The number of anilines is 2. The maximum atomic E-state index is 4.93. The number of hydrogen-bond donors (Lipinski definition) is 0. The summed E-state index contributed by atoms with van der Waals surface area (Å²) in [6.45, 7) is 6.50. The first-order chi connectivity index (χ1) is 23.6. The summed E-state index contributed by atoms with van der Waals surface area (Å²) < 4.78 is 0. The van der Waals surface area contributed by atoms with Gasteiger partial charge in [-0.2, -0.15) is 12.1 Å². The Bertz CT molecular complexity index is 1920. The maximum absolute atomic E-state index is 4.93. The van der Waals surface area contributed by atoms with E-state index in [2.05, 4.69) is 192 Å². The summed E-state index contributed by atoms with van der Waals surface area (Å²) in [5.41, 5.74) is 10.3. The van der Waals surface area contributed by atoms with E-state index >= 15 is 0 Å². The summed E-state index contributed by atoms with van der Waals surface area (Å²) in [6.07, 6.45) is 0. The van der Waals surface area contributed by atoms with Gasteiger partial charge in [0.15, 0.2) is 0 Å². The minimum absolute atomic E-state index is 0.826. The molecule has 0 aliphatic rings. The molecule has 0 saturated heterocycles. The van der Waals surface area contributed by atoms with Crippen LogP contribution in [0.15, 0.2) is 140 Å². The van der Waals surface area contributed by atoms with Gasteiger partial charge in [0.05, 0.1) is 9.52 Å². The van der Waals surface area contributed by atoms with Gasteiger partial charge in [-0.25, -0.2) is 0 Å². The zero-order chi connectivity index (χ0) is 35.3. The van der Waals surface area contributed by atoms with Gasteiger partial charge in [0, 0.05) is 39.6 Å². The van der Waals surface area contributed by atoms with Crippen molar-refractivity contribution in [2.45, 2.75) is 20.4 Å². The molecule has 0 heterocycles. The third kappa shape index (κ3) is 10.8. The van der Waals surface area contributed by atoms with Crippen LogP contribution in [0.25, 0.3) is 43.8 Å². The van der Waals surface area contributed by atoms with Crippen molar-refractivity contribution in [2.75, 3.05) is 38.0 Å². The van der Waals surface area contributed by atoms with Crippen molar-refractivity contribution in [3.63, 3.8) is 0 Å². The predicted octanol–water partition coefficient (Wildman–Crippen LogP) is 11.6. The number of aryl methyl sites for hydroxylation is 2. The van der Waals surface area contributed by atoms with Crippen LogP contribution >= 0.6 is 17.0 Å². The van der Waals surface area contributed by atoms with Crippen LogP contribution in [-0.2, 0) is 20.8 Å². The van der Waals surface area contributed by atoms with Crippen LogP contribution in [0.3, 0.4) is 0 Å². The average molecular weight is 779 g/mol. The van der Waals surface area contributed by atoms with Gasteiger partial charge < -0.3 is 9.80 Å². The molecule has 0 amide bonds. The van der Waals surface area contributed by atoms with E-state index in [9.17, 15) is 0 Å². The van der Waals surface area contributed by atoms with Gasteiger partial charge in [-0.15, -0.1) is 69.1 Å². The second-order valence-electron chi connectivity index (χ2n) is 12.3. The van der Waals surface area contributed by atoms with Crippen LogP contribution in [-0.4, -0.2) is 37.7 Å². The van der Waals surface area contributed by atoms with Crippen LogP contribution in [0, 0.1) is 13.8 Å². The van der Waals surface area contributed by atoms with Crippen LogP contribution in [0.4, 0.5) is 11.4 Å². The normalized spacial score (nSPS) is 10.1. The first-order valence-corrected chi connectivity index (χ1v) is 24.0. The molecule has 0 unspecified atom stereocenters. The van der Waals surface area contributed by atoms with E-state index in [1.807, 2.05) is 6.07 Å². The number of rotatable bonds is 5. The molecular weight excluding hydrogens is 735 g/mol. The average Bonchev–Trinajstić information content (AvgIpc) is 3.70. The Balaban J connectivity index is 0.000000170. The van der Waals surface area contributed by atoms with E-state index in [1.165, 1.54) is 71.5 Å². The van der Waals surface area contributed by atoms with Crippen molar-refractivity contribution in [3.05, 3.63) is 151 Å². The molecule has 2 nitrogen and oxygen atoms in total. The second kappa shape index (κ2) is 19.1. The Morgan fingerprint density at radius 1 is 0.531 bits per heavy atom. The summed E-state index contributed by atoms with van der Waals surface area (Å²) in [5.74, 6) is 0. The van der Waals surface area contributed by atoms with Crippen LogP contribution in [0.1, 0.15) is 11.1 Å². The van der Waals surface area contributed by atoms with Crippen molar-refractivity contribution in [1.82, 2.24) is 0 Å². The van der Waals surface area contributed by atoms with Crippen LogP contribution < -0.4 is 15.0 Å². The molecule has 248 valence electrons. The fourth-order valence-electron chi connectivity index (χ4n) is 5.78. The Hall–Kier alpha value is -3.40. The Labute approximate surface area is 314 Å². The summed E-state index contributed by atoms with van der Waals surface area (Å²) >= 11 is -0.826. The van der Waals surface area contributed by atoms with Crippen LogP contribution in [0.2, 0.25) is 6.55 Å². The molecule has 0 fully saturated rings. The van der Waals surface area contributed by atoms with Crippen molar-refractivity contribution in [3.8, 4) is 22.3 Å². The number of fused-ring (bicyclic) bond motifs is 2. The van der Waals surface area contributed by atoms with E-state index in [-0.39, 0.29) is 0 Å². The standard InChI is InChI=1S/2C18H18N.C7H8Si.2ClH.Zr/c2*1-13-10-14-7-5-9-17(18(14)11-13)15-6-4-8-16(12-15)19(2)3;1-8-7-5-3-2-4-6-7;;;/h2*4-12H,1-3H3;2-6H,1H3;2*1H;/q2*-1;;;;+4/p-2. The van der Waals surface area contributed by atoms with Gasteiger partial charge in [0.2, 0.25) is 0 Å². The van der Waals surface area contributed by atoms with Crippen molar-refractivity contribution >= 4 is 64.7 Å². The molecule has 0 atom stereocenters. The topological polar surface area (TPSA) is 6.48 Å². The molecule has 7 aromatic carbocycles. The summed E-state index contributed by atoms with van der Waals surface area (Å²) in [5, 5.41) is 6.77. The first-order valence-electron chi connectivity index (χ1n) is 16.2. The molecule has 0 spiro atoms. The molecule has 0 bridgehead atoms. The number of hydrogen-bond acceptors (Lipinski definition) is 2. The number of halogens is 2. The molecule has 0 aromatic heterocycles. The van der Waals surface area contributed by atoms with Crippen LogP contribution in [0.5, 0.6) is 0 Å². The van der Waals surface area contributed by atoms with Crippen molar-refractivity contribution in [2.24, 2.45) is 0 Å². The van der Waals surface area contributed by atoms with E-state index < -0.39 is 20.8 Å². The molecule has 7 rings (SSSR count). The zero-order valence-electron chi connectivity index (χ0n) is 29.4. The first kappa shape index (κ1) is 38.4. The van der Waals surface area contributed by atoms with Crippen molar-refractivity contribution in [1.29, 1.82) is 0 Å². The van der Waals surface area contributed by atoms with E-state index in [4.69, 9.17) is 17.0 Å². The molecule has 0 N–H and O–H groups in total. The number of nitrogens with zero attached hydrogens (tertiary/aromatic N) is 2. The summed E-state index contributed by atoms with van der Waals surface area (Å²) in [6, 6.07) is 50.0. The Kier molecular flexibility index (Phi) is 15.0. The fourth-order valence-corrected chi connectivity index (χ4v) is 6.31. The van der Waals surface area contributed by atoms with Crippen molar-refractivity contribution < 1.29 is 20.8 Å². The molecule has 0 aliphatic carbocycles. The molecule has 7 aromatic rings.